The maximum absolute atomic E-state index is 12.8. The molecule has 0 spiro atoms. The Kier molecular flexibility index (Phi) is 6.39. The van der Waals surface area contributed by atoms with Crippen molar-refractivity contribution in [2.24, 2.45) is 0 Å². The zero-order valence-corrected chi connectivity index (χ0v) is 17.1. The molecule has 154 valence electrons. The van der Waals surface area contributed by atoms with Crippen molar-refractivity contribution in [3.8, 4) is 0 Å². The Labute approximate surface area is 175 Å². The number of carbonyl (C=O) groups is 2. The fraction of sp³-hybridized carbons (Fsp3) is 0.381. The van der Waals surface area contributed by atoms with Crippen molar-refractivity contribution in [2.45, 2.75) is 38.4 Å². The van der Waals surface area contributed by atoms with Crippen molar-refractivity contribution in [2.75, 3.05) is 13.6 Å². The third kappa shape index (κ3) is 4.68. The first-order chi connectivity index (χ1) is 13.5. The summed E-state index contributed by atoms with van der Waals surface area (Å²) in [6, 6.07) is 7.77. The first kappa shape index (κ1) is 21.1. The Morgan fingerprint density at radius 1 is 1.17 bits per heavy atom. The molecule has 2 heterocycles. The van der Waals surface area contributed by atoms with E-state index in [4.69, 9.17) is 0 Å². The van der Waals surface area contributed by atoms with Gasteiger partial charge in [-0.3, -0.25) is 14.4 Å². The fourth-order valence-electron chi connectivity index (χ4n) is 3.50. The number of aromatic nitrogens is 1. The number of halogens is 1. The van der Waals surface area contributed by atoms with Crippen molar-refractivity contribution in [1.82, 2.24) is 20.5 Å². The predicted octanol–water partition coefficient (Wildman–Crippen LogP) is 1.22. The van der Waals surface area contributed by atoms with Gasteiger partial charge in [-0.25, -0.2) is 0 Å². The number of benzene rings is 1. The summed E-state index contributed by atoms with van der Waals surface area (Å²) >= 11 is 0. The van der Waals surface area contributed by atoms with E-state index >= 15 is 0 Å². The van der Waals surface area contributed by atoms with Gasteiger partial charge in [-0.2, -0.15) is 0 Å². The summed E-state index contributed by atoms with van der Waals surface area (Å²) in [6.45, 7) is 2.09. The van der Waals surface area contributed by atoms with Crippen molar-refractivity contribution in [1.29, 1.82) is 0 Å². The van der Waals surface area contributed by atoms with Crippen LogP contribution in [0.1, 0.15) is 50.2 Å². The molecule has 0 unspecified atom stereocenters. The molecule has 7 nitrogen and oxygen atoms in total. The van der Waals surface area contributed by atoms with Crippen LogP contribution in [0.15, 0.2) is 35.3 Å². The lowest BCUT2D eigenvalue weighted by molar-refractivity contribution is 0.0950. The minimum Gasteiger partial charge on any atom is -0.355 e. The highest BCUT2D eigenvalue weighted by Gasteiger charge is 2.25. The molecule has 2 aromatic rings. The maximum Gasteiger partial charge on any atom is 0.263 e. The van der Waals surface area contributed by atoms with Crippen LogP contribution in [-0.4, -0.2) is 36.0 Å². The first-order valence-electron chi connectivity index (χ1n) is 9.64. The Morgan fingerprint density at radius 2 is 1.97 bits per heavy atom. The van der Waals surface area contributed by atoms with Gasteiger partial charge in [0.2, 0.25) is 0 Å². The van der Waals surface area contributed by atoms with Gasteiger partial charge in [-0.15, -0.1) is 12.4 Å². The monoisotopic (exact) mass is 416 g/mol. The van der Waals surface area contributed by atoms with E-state index in [-0.39, 0.29) is 29.9 Å². The van der Waals surface area contributed by atoms with Gasteiger partial charge in [0, 0.05) is 25.8 Å². The quantitative estimate of drug-likeness (QED) is 0.683. The van der Waals surface area contributed by atoms with Crippen LogP contribution in [0.4, 0.5) is 0 Å². The minimum atomic E-state index is -0.491. The molecule has 1 aromatic carbocycles. The molecule has 8 heteroatoms. The molecule has 2 aliphatic rings. The Morgan fingerprint density at radius 3 is 2.69 bits per heavy atom. The van der Waals surface area contributed by atoms with Crippen LogP contribution in [0.5, 0.6) is 0 Å². The summed E-state index contributed by atoms with van der Waals surface area (Å²) < 4.78 is 1.45. The molecule has 0 saturated heterocycles. The van der Waals surface area contributed by atoms with Crippen LogP contribution < -0.4 is 21.5 Å². The van der Waals surface area contributed by atoms with Crippen molar-refractivity contribution in [3.05, 3.63) is 68.6 Å². The normalized spacial score (nSPS) is 15.1. The molecule has 2 amide bonds. The predicted molar refractivity (Wildman–Crippen MR) is 113 cm³/mol. The van der Waals surface area contributed by atoms with E-state index < -0.39 is 11.5 Å². The number of hydrogen-bond acceptors (Lipinski definition) is 4. The topological polar surface area (TPSA) is 92.2 Å². The van der Waals surface area contributed by atoms with Crippen LogP contribution in [-0.2, 0) is 19.5 Å². The molecule has 1 aromatic heterocycles. The molecular weight excluding hydrogens is 392 g/mol. The van der Waals surface area contributed by atoms with E-state index in [0.717, 1.165) is 37.9 Å². The van der Waals surface area contributed by atoms with E-state index in [0.29, 0.717) is 12.1 Å². The van der Waals surface area contributed by atoms with Gasteiger partial charge in [0.25, 0.3) is 17.4 Å². The van der Waals surface area contributed by atoms with Crippen LogP contribution in [0.3, 0.4) is 0 Å². The molecule has 4 rings (SSSR count). The van der Waals surface area contributed by atoms with E-state index in [1.54, 1.807) is 6.20 Å². The maximum atomic E-state index is 12.8. The van der Waals surface area contributed by atoms with E-state index in [1.807, 2.05) is 6.07 Å². The highest BCUT2D eigenvalue weighted by atomic mass is 35.5. The summed E-state index contributed by atoms with van der Waals surface area (Å²) in [5, 5.41) is 8.74. The number of amides is 2. The minimum absolute atomic E-state index is 0. The molecule has 1 aliphatic heterocycles. The van der Waals surface area contributed by atoms with Gasteiger partial charge in [-0.1, -0.05) is 18.2 Å². The molecule has 1 fully saturated rings. The summed E-state index contributed by atoms with van der Waals surface area (Å²) in [5.74, 6) is -0.745. The van der Waals surface area contributed by atoms with Gasteiger partial charge in [0.05, 0.1) is 12.1 Å². The van der Waals surface area contributed by atoms with Crippen LogP contribution >= 0.6 is 12.4 Å². The summed E-state index contributed by atoms with van der Waals surface area (Å²) in [5.41, 5.74) is 3.41. The fourth-order valence-corrected chi connectivity index (χ4v) is 3.50. The highest BCUT2D eigenvalue weighted by molar-refractivity contribution is 5.99. The standard InChI is InChI=1S/C21H24N4O3.ClH/c1-22-20(27)18-9-16(19(26)24-17-4-5-17)12-25(21(18)28)11-13-2-3-14-6-7-23-10-15(14)8-13;/h2-3,8-9,12,17,23H,4-7,10-11H2,1H3,(H,22,27)(H,24,26);1H. The third-order valence-corrected chi connectivity index (χ3v) is 5.24. The lowest BCUT2D eigenvalue weighted by atomic mass is 9.98. The summed E-state index contributed by atoms with van der Waals surface area (Å²) in [7, 11) is 1.47. The molecule has 1 aliphatic carbocycles. The zero-order chi connectivity index (χ0) is 19.7. The average molecular weight is 417 g/mol. The molecule has 29 heavy (non-hydrogen) atoms. The second-order valence-electron chi connectivity index (χ2n) is 7.43. The van der Waals surface area contributed by atoms with E-state index in [9.17, 15) is 14.4 Å². The average Bonchev–Trinajstić information content (AvgIpc) is 3.52. The van der Waals surface area contributed by atoms with Crippen LogP contribution in [0.25, 0.3) is 0 Å². The van der Waals surface area contributed by atoms with Crippen molar-refractivity contribution in [3.63, 3.8) is 0 Å². The largest absolute Gasteiger partial charge is 0.355 e. The van der Waals surface area contributed by atoms with Crippen LogP contribution in [0, 0.1) is 0 Å². The molecular formula is C21H25ClN4O3. The number of nitrogens with zero attached hydrogens (tertiary/aromatic N) is 1. The number of pyridine rings is 1. The second-order valence-corrected chi connectivity index (χ2v) is 7.43. The molecule has 1 saturated carbocycles. The van der Waals surface area contributed by atoms with Gasteiger partial charge in [-0.05, 0) is 48.6 Å². The molecule has 0 atom stereocenters. The number of carbonyl (C=O) groups excluding carboxylic acids is 2. The molecule has 3 N–H and O–H groups in total. The number of rotatable bonds is 5. The third-order valence-electron chi connectivity index (χ3n) is 5.24. The number of nitrogens with one attached hydrogen (secondary N) is 3. The highest BCUT2D eigenvalue weighted by Crippen LogP contribution is 2.20. The zero-order valence-electron chi connectivity index (χ0n) is 16.3. The lowest BCUT2D eigenvalue weighted by Crippen LogP contribution is -2.34. The summed E-state index contributed by atoms with van der Waals surface area (Å²) in [4.78, 5) is 37.5. The first-order valence-corrected chi connectivity index (χ1v) is 9.64. The van der Waals surface area contributed by atoms with E-state index in [2.05, 4.69) is 28.1 Å². The van der Waals surface area contributed by atoms with Crippen molar-refractivity contribution < 1.29 is 9.59 Å². The van der Waals surface area contributed by atoms with Gasteiger partial charge in [0.15, 0.2) is 0 Å². The van der Waals surface area contributed by atoms with Gasteiger partial charge >= 0.3 is 0 Å². The Bertz CT molecular complexity index is 998. The Balaban J connectivity index is 0.00000240. The van der Waals surface area contributed by atoms with Gasteiger partial charge in [0.1, 0.15) is 5.56 Å². The van der Waals surface area contributed by atoms with Crippen LogP contribution in [0.2, 0.25) is 0 Å². The molecule has 0 bridgehead atoms. The SMILES string of the molecule is CNC(=O)c1cc(C(=O)NC2CC2)cn(Cc2ccc3c(c2)CNCC3)c1=O.Cl. The van der Waals surface area contributed by atoms with Gasteiger partial charge < -0.3 is 20.5 Å². The molecule has 0 radical (unpaired) electrons. The lowest BCUT2D eigenvalue weighted by Gasteiger charge is -2.18. The smallest absolute Gasteiger partial charge is 0.263 e. The number of fused-ring (bicyclic) bond motifs is 1. The van der Waals surface area contributed by atoms with Crippen molar-refractivity contribution >= 4 is 24.2 Å². The summed E-state index contributed by atoms with van der Waals surface area (Å²) in [6.07, 6.45) is 4.48. The van der Waals surface area contributed by atoms with E-state index in [1.165, 1.54) is 28.8 Å². The Hall–Kier alpha value is -2.64. The second kappa shape index (κ2) is 8.80. The number of hydrogen-bond donors (Lipinski definition) is 3.